The second kappa shape index (κ2) is 15.2. The number of likely N-dealkylation sites (tertiary alicyclic amines) is 1. The molecule has 2 saturated heterocycles. The number of nitrogens with one attached hydrogen (secondary N) is 4. The van der Waals surface area contributed by atoms with Gasteiger partial charge in [0.05, 0.1) is 28.5 Å². The Balaban J connectivity index is 0.978. The summed E-state index contributed by atoms with van der Waals surface area (Å²) >= 11 is 13.9. The predicted octanol–water partition coefficient (Wildman–Crippen LogP) is 5.85. The summed E-state index contributed by atoms with van der Waals surface area (Å²) in [7, 11) is 1.62. The molecule has 4 N–H and O–H groups in total. The summed E-state index contributed by atoms with van der Waals surface area (Å²) in [5.41, 5.74) is 5.60. The van der Waals surface area contributed by atoms with Gasteiger partial charge in [0.25, 0.3) is 5.91 Å². The van der Waals surface area contributed by atoms with Crippen molar-refractivity contribution >= 4 is 46.6 Å². The Hall–Kier alpha value is -4.55. The lowest BCUT2D eigenvalue weighted by atomic mass is 9.60. The number of carbonyl (C=O) groups excluding carboxylic acids is 3. The third kappa shape index (κ3) is 7.64. The van der Waals surface area contributed by atoms with E-state index in [4.69, 9.17) is 27.9 Å². The van der Waals surface area contributed by atoms with E-state index in [1.165, 1.54) is 0 Å². The number of carbonyl (C=O) groups is 3. The van der Waals surface area contributed by atoms with E-state index in [2.05, 4.69) is 31.2 Å². The summed E-state index contributed by atoms with van der Waals surface area (Å²) in [4.78, 5) is 47.1. The average Bonchev–Trinajstić information content (AvgIpc) is 3.52. The van der Waals surface area contributed by atoms with Crippen LogP contribution in [-0.4, -0.2) is 71.4 Å². The molecule has 3 fully saturated rings. The number of pyridine rings is 2. The molecule has 4 aromatic rings. The molecule has 1 spiro atoms. The fourth-order valence-corrected chi connectivity index (χ4v) is 8.02. The fraction of sp³-hybridized carbons (Fsp3) is 0.359. The van der Waals surface area contributed by atoms with Gasteiger partial charge in [-0.1, -0.05) is 53.5 Å². The lowest BCUT2D eigenvalue weighted by Crippen LogP contribution is -2.66. The molecule has 52 heavy (non-hydrogen) atoms. The second-order valence-electron chi connectivity index (χ2n) is 14.0. The van der Waals surface area contributed by atoms with E-state index in [0.717, 1.165) is 49.0 Å². The standard InChI is InChI=1S/C39H41Cl2N7O4/c1-23(49)48-21-39(22-48)15-28(16-39)44-17-24-6-10-32(45-18-24)38(51)47-31-5-3-4-29(35(31)40)30-12-13-43-37(36(30)41)25-7-8-26(33(14-25)52-2)19-42-20-27-9-11-34(50)46-27/h3-8,10,12-14,18,27-28,42,44H,9,11,15-17,19-22H2,1-2H3,(H,46,50)(H,47,51)/t27-/m0/s1. The van der Waals surface area contributed by atoms with Crippen LogP contribution in [0.5, 0.6) is 5.75 Å². The lowest BCUT2D eigenvalue weighted by molar-refractivity contribution is -0.149. The zero-order valence-electron chi connectivity index (χ0n) is 29.1. The maximum absolute atomic E-state index is 13.2. The Kier molecular flexibility index (Phi) is 10.5. The molecule has 1 aliphatic carbocycles. The molecule has 3 amide bonds. The van der Waals surface area contributed by atoms with Crippen molar-refractivity contribution in [2.45, 2.75) is 57.8 Å². The van der Waals surface area contributed by atoms with Crippen molar-refractivity contribution in [2.24, 2.45) is 5.41 Å². The molecule has 2 aromatic heterocycles. The first-order chi connectivity index (χ1) is 25.1. The number of ether oxygens (including phenoxy) is 1. The third-order valence-electron chi connectivity index (χ3n) is 10.3. The van der Waals surface area contributed by atoms with Crippen molar-refractivity contribution in [3.63, 3.8) is 0 Å². The molecule has 11 nitrogen and oxygen atoms in total. The number of amides is 3. The van der Waals surface area contributed by atoms with Gasteiger partial charge in [-0.15, -0.1) is 0 Å². The molecule has 1 saturated carbocycles. The van der Waals surface area contributed by atoms with Crippen LogP contribution in [0.2, 0.25) is 10.0 Å². The van der Waals surface area contributed by atoms with Crippen LogP contribution < -0.4 is 26.0 Å². The minimum absolute atomic E-state index is 0.0949. The number of nitrogens with zero attached hydrogens (tertiary/aromatic N) is 3. The number of halogens is 2. The molecule has 2 aliphatic heterocycles. The highest BCUT2D eigenvalue weighted by atomic mass is 35.5. The summed E-state index contributed by atoms with van der Waals surface area (Å²) in [6.07, 6.45) is 6.93. The van der Waals surface area contributed by atoms with Crippen molar-refractivity contribution in [3.8, 4) is 28.1 Å². The zero-order chi connectivity index (χ0) is 36.4. The minimum Gasteiger partial charge on any atom is -0.496 e. The van der Waals surface area contributed by atoms with Gasteiger partial charge in [0, 0.05) is 98.2 Å². The number of hydrogen-bond acceptors (Lipinski definition) is 8. The van der Waals surface area contributed by atoms with E-state index < -0.39 is 0 Å². The number of anilines is 1. The van der Waals surface area contributed by atoms with Crippen LogP contribution in [0.1, 0.15) is 54.2 Å². The average molecular weight is 743 g/mol. The van der Waals surface area contributed by atoms with E-state index in [9.17, 15) is 14.4 Å². The van der Waals surface area contributed by atoms with Crippen LogP contribution in [0.15, 0.2) is 67.0 Å². The topological polar surface area (TPSA) is 138 Å². The molecular formula is C39H41Cl2N7O4. The second-order valence-corrected chi connectivity index (χ2v) is 14.8. The van der Waals surface area contributed by atoms with Crippen molar-refractivity contribution in [1.82, 2.24) is 30.8 Å². The Morgan fingerprint density at radius 2 is 1.83 bits per heavy atom. The molecule has 2 aromatic carbocycles. The van der Waals surface area contributed by atoms with Gasteiger partial charge in [-0.2, -0.15) is 0 Å². The van der Waals surface area contributed by atoms with Gasteiger partial charge in [0.15, 0.2) is 0 Å². The highest BCUT2D eigenvalue weighted by Gasteiger charge is 2.52. The third-order valence-corrected chi connectivity index (χ3v) is 11.1. The normalized spacial score (nSPS) is 17.7. The Morgan fingerprint density at radius 1 is 1.02 bits per heavy atom. The van der Waals surface area contributed by atoms with Gasteiger partial charge in [-0.25, -0.2) is 0 Å². The maximum Gasteiger partial charge on any atom is 0.274 e. The van der Waals surface area contributed by atoms with Crippen LogP contribution >= 0.6 is 23.2 Å². The largest absolute Gasteiger partial charge is 0.496 e. The fourth-order valence-electron chi connectivity index (χ4n) is 7.43. The van der Waals surface area contributed by atoms with Crippen molar-refractivity contribution in [3.05, 3.63) is 93.9 Å². The molecule has 7 rings (SSSR count). The number of methoxy groups -OCH3 is 1. The number of aromatic nitrogens is 2. The molecule has 13 heteroatoms. The van der Waals surface area contributed by atoms with Gasteiger partial charge in [-0.3, -0.25) is 24.4 Å². The van der Waals surface area contributed by atoms with Gasteiger partial charge in [0.2, 0.25) is 11.8 Å². The first-order valence-corrected chi connectivity index (χ1v) is 18.2. The van der Waals surface area contributed by atoms with Crippen molar-refractivity contribution in [2.75, 3.05) is 32.1 Å². The van der Waals surface area contributed by atoms with Crippen LogP contribution in [0.25, 0.3) is 22.4 Å². The van der Waals surface area contributed by atoms with Crippen molar-refractivity contribution < 1.29 is 19.1 Å². The zero-order valence-corrected chi connectivity index (χ0v) is 30.6. The van der Waals surface area contributed by atoms with Gasteiger partial charge in [-0.05, 0) is 49.1 Å². The highest BCUT2D eigenvalue weighted by Crippen LogP contribution is 2.48. The Bertz CT molecular complexity index is 1990. The van der Waals surface area contributed by atoms with Crippen LogP contribution in [-0.2, 0) is 22.7 Å². The van der Waals surface area contributed by atoms with E-state index in [1.54, 1.807) is 44.6 Å². The summed E-state index contributed by atoms with van der Waals surface area (Å²) in [5, 5.41) is 13.6. The molecular weight excluding hydrogens is 701 g/mol. The molecule has 270 valence electrons. The maximum atomic E-state index is 13.2. The minimum atomic E-state index is -0.379. The number of benzene rings is 2. The van der Waals surface area contributed by atoms with E-state index in [0.29, 0.717) is 75.8 Å². The molecule has 1 atom stereocenters. The molecule has 4 heterocycles. The monoisotopic (exact) mass is 741 g/mol. The predicted molar refractivity (Wildman–Crippen MR) is 201 cm³/mol. The first kappa shape index (κ1) is 35.8. The smallest absolute Gasteiger partial charge is 0.274 e. The number of rotatable bonds is 12. The van der Waals surface area contributed by atoms with Gasteiger partial charge >= 0.3 is 0 Å². The molecule has 0 radical (unpaired) electrons. The van der Waals surface area contributed by atoms with E-state index >= 15 is 0 Å². The summed E-state index contributed by atoms with van der Waals surface area (Å²) in [6.45, 7) is 5.27. The summed E-state index contributed by atoms with van der Waals surface area (Å²) < 4.78 is 5.71. The molecule has 0 bridgehead atoms. The van der Waals surface area contributed by atoms with Crippen LogP contribution in [0.3, 0.4) is 0 Å². The summed E-state index contributed by atoms with van der Waals surface area (Å²) in [5.74, 6) is 0.555. The first-order valence-electron chi connectivity index (χ1n) is 17.5. The quantitative estimate of drug-likeness (QED) is 0.142. The van der Waals surface area contributed by atoms with Gasteiger partial charge < -0.3 is 30.9 Å². The lowest BCUT2D eigenvalue weighted by Gasteiger charge is -2.59. The highest BCUT2D eigenvalue weighted by molar-refractivity contribution is 6.39. The molecule has 3 aliphatic rings. The SMILES string of the molecule is COc1cc(-c2nccc(-c3cccc(NC(=O)c4ccc(CNC5CC6(C5)CN(C(C)=O)C6)cn4)c3Cl)c2Cl)ccc1CNC[C@@H]1CCC(=O)N1. The Labute approximate surface area is 312 Å². The van der Waals surface area contributed by atoms with Crippen LogP contribution in [0, 0.1) is 5.41 Å². The number of hydrogen-bond donors (Lipinski definition) is 4. The summed E-state index contributed by atoms with van der Waals surface area (Å²) in [6, 6.07) is 17.2. The van der Waals surface area contributed by atoms with Crippen molar-refractivity contribution in [1.29, 1.82) is 0 Å². The van der Waals surface area contributed by atoms with Gasteiger partial charge in [0.1, 0.15) is 11.4 Å². The van der Waals surface area contributed by atoms with E-state index in [1.807, 2.05) is 41.3 Å². The van der Waals surface area contributed by atoms with Crippen LogP contribution in [0.4, 0.5) is 5.69 Å². The molecule has 0 unspecified atom stereocenters. The van der Waals surface area contributed by atoms with E-state index in [-0.39, 0.29) is 29.5 Å². The Morgan fingerprint density at radius 3 is 2.54 bits per heavy atom.